The molecule has 0 fully saturated rings. The molecule has 1 unspecified atom stereocenters. The molecule has 0 saturated heterocycles. The van der Waals surface area contributed by atoms with Gasteiger partial charge in [-0.3, -0.25) is 4.79 Å². The molecule has 2 aromatic carbocycles. The fourth-order valence-electron chi connectivity index (χ4n) is 2.07. The highest BCUT2D eigenvalue weighted by molar-refractivity contribution is 5.95. The second-order valence-electron chi connectivity index (χ2n) is 4.95. The third-order valence-corrected chi connectivity index (χ3v) is 3.40. The molecular formula is C16H16F2N2O. The summed E-state index contributed by atoms with van der Waals surface area (Å²) in [4.78, 5) is 12.2. The van der Waals surface area contributed by atoms with Gasteiger partial charge >= 0.3 is 0 Å². The molecule has 0 bridgehead atoms. The van der Waals surface area contributed by atoms with Crippen LogP contribution >= 0.6 is 0 Å². The van der Waals surface area contributed by atoms with Gasteiger partial charge in [0.1, 0.15) is 17.2 Å². The molecule has 21 heavy (non-hydrogen) atoms. The number of rotatable bonds is 4. The fraction of sp³-hybridized carbons (Fsp3) is 0.188. The maximum atomic E-state index is 13.7. The summed E-state index contributed by atoms with van der Waals surface area (Å²) in [5, 5.41) is 2.61. The zero-order valence-electron chi connectivity index (χ0n) is 11.6. The number of hydrogen-bond acceptors (Lipinski definition) is 2. The van der Waals surface area contributed by atoms with E-state index >= 15 is 0 Å². The Labute approximate surface area is 121 Å². The molecule has 3 nitrogen and oxygen atoms in total. The summed E-state index contributed by atoms with van der Waals surface area (Å²) in [5.74, 6) is -2.64. The van der Waals surface area contributed by atoms with E-state index < -0.39 is 28.6 Å². The van der Waals surface area contributed by atoms with Gasteiger partial charge in [0, 0.05) is 6.54 Å². The molecule has 2 aromatic rings. The zero-order chi connectivity index (χ0) is 15.5. The second kappa shape index (κ2) is 6.01. The van der Waals surface area contributed by atoms with E-state index in [4.69, 9.17) is 5.73 Å². The molecule has 1 atom stereocenters. The topological polar surface area (TPSA) is 55.1 Å². The molecule has 0 aliphatic rings. The highest BCUT2D eigenvalue weighted by Crippen LogP contribution is 2.21. The lowest BCUT2D eigenvalue weighted by molar-refractivity contribution is 0.0899. The molecule has 0 aromatic heterocycles. The van der Waals surface area contributed by atoms with Gasteiger partial charge in [0.2, 0.25) is 0 Å². The SMILES string of the molecule is CC(CN)(NC(=O)c1c(F)cccc1F)c1ccccc1. The molecule has 0 heterocycles. The van der Waals surface area contributed by atoms with Crippen molar-refractivity contribution in [3.05, 3.63) is 71.3 Å². The Bertz CT molecular complexity index is 626. The first kappa shape index (κ1) is 15.1. The second-order valence-corrected chi connectivity index (χ2v) is 4.95. The molecule has 0 aliphatic carbocycles. The lowest BCUT2D eigenvalue weighted by Crippen LogP contribution is -2.49. The van der Waals surface area contributed by atoms with E-state index in [0.717, 1.165) is 17.7 Å². The molecule has 0 radical (unpaired) electrons. The third-order valence-electron chi connectivity index (χ3n) is 3.40. The van der Waals surface area contributed by atoms with Crippen LogP contribution in [-0.4, -0.2) is 12.5 Å². The normalized spacial score (nSPS) is 13.5. The first-order chi connectivity index (χ1) is 9.98. The van der Waals surface area contributed by atoms with E-state index in [0.29, 0.717) is 0 Å². The highest BCUT2D eigenvalue weighted by atomic mass is 19.1. The van der Waals surface area contributed by atoms with E-state index in [9.17, 15) is 13.6 Å². The maximum absolute atomic E-state index is 13.7. The number of nitrogens with one attached hydrogen (secondary N) is 1. The first-order valence-electron chi connectivity index (χ1n) is 6.50. The summed E-state index contributed by atoms with van der Waals surface area (Å²) in [6, 6.07) is 12.3. The van der Waals surface area contributed by atoms with Gasteiger partial charge in [-0.25, -0.2) is 8.78 Å². The minimum atomic E-state index is -0.910. The molecule has 0 spiro atoms. The predicted octanol–water partition coefficient (Wildman–Crippen LogP) is 2.57. The molecule has 5 heteroatoms. The van der Waals surface area contributed by atoms with Crippen molar-refractivity contribution in [1.82, 2.24) is 5.32 Å². The van der Waals surface area contributed by atoms with Gasteiger partial charge in [0.15, 0.2) is 0 Å². The Morgan fingerprint density at radius 2 is 1.67 bits per heavy atom. The Kier molecular flexibility index (Phi) is 4.33. The number of nitrogens with two attached hydrogens (primary N) is 1. The molecule has 110 valence electrons. The van der Waals surface area contributed by atoms with Gasteiger partial charge in [-0.15, -0.1) is 0 Å². The van der Waals surface area contributed by atoms with Crippen LogP contribution in [-0.2, 0) is 5.54 Å². The van der Waals surface area contributed by atoms with Gasteiger partial charge < -0.3 is 11.1 Å². The Morgan fingerprint density at radius 1 is 1.10 bits per heavy atom. The van der Waals surface area contributed by atoms with Crippen molar-refractivity contribution < 1.29 is 13.6 Å². The number of halogens is 2. The smallest absolute Gasteiger partial charge is 0.257 e. The quantitative estimate of drug-likeness (QED) is 0.909. The lowest BCUT2D eigenvalue weighted by Gasteiger charge is -2.30. The van der Waals surface area contributed by atoms with Crippen LogP contribution in [0.15, 0.2) is 48.5 Å². The van der Waals surface area contributed by atoms with Crippen molar-refractivity contribution in [2.24, 2.45) is 5.73 Å². The van der Waals surface area contributed by atoms with Gasteiger partial charge in [0.05, 0.1) is 5.54 Å². The van der Waals surface area contributed by atoms with Crippen LogP contribution in [0, 0.1) is 11.6 Å². The fourth-order valence-corrected chi connectivity index (χ4v) is 2.07. The van der Waals surface area contributed by atoms with Crippen LogP contribution in [0.1, 0.15) is 22.8 Å². The van der Waals surface area contributed by atoms with Gasteiger partial charge in [-0.1, -0.05) is 36.4 Å². The zero-order valence-corrected chi connectivity index (χ0v) is 11.6. The molecule has 2 rings (SSSR count). The Hall–Kier alpha value is -2.27. The summed E-state index contributed by atoms with van der Waals surface area (Å²) >= 11 is 0. The largest absolute Gasteiger partial charge is 0.341 e. The average Bonchev–Trinajstić information content (AvgIpc) is 2.48. The highest BCUT2D eigenvalue weighted by Gasteiger charge is 2.29. The van der Waals surface area contributed by atoms with E-state index in [1.165, 1.54) is 6.07 Å². The summed E-state index contributed by atoms with van der Waals surface area (Å²) < 4.78 is 27.3. The monoisotopic (exact) mass is 290 g/mol. The van der Waals surface area contributed by atoms with Gasteiger partial charge in [-0.2, -0.15) is 0 Å². The van der Waals surface area contributed by atoms with Crippen molar-refractivity contribution in [3.8, 4) is 0 Å². The van der Waals surface area contributed by atoms with Crippen LogP contribution in [0.4, 0.5) is 8.78 Å². The number of carbonyl (C=O) groups is 1. The minimum absolute atomic E-state index is 0.0961. The van der Waals surface area contributed by atoms with E-state index in [2.05, 4.69) is 5.32 Å². The van der Waals surface area contributed by atoms with E-state index in [1.807, 2.05) is 6.07 Å². The summed E-state index contributed by atoms with van der Waals surface area (Å²) in [7, 11) is 0. The van der Waals surface area contributed by atoms with Crippen LogP contribution in [0.2, 0.25) is 0 Å². The van der Waals surface area contributed by atoms with Crippen LogP contribution in [0.3, 0.4) is 0 Å². The van der Waals surface area contributed by atoms with Crippen molar-refractivity contribution >= 4 is 5.91 Å². The standard InChI is InChI=1S/C16H16F2N2O/c1-16(10-19,11-6-3-2-4-7-11)20-15(21)14-12(17)8-5-9-13(14)18/h2-9H,10,19H2,1H3,(H,20,21). The number of carbonyl (C=O) groups excluding carboxylic acids is 1. The van der Waals surface area contributed by atoms with Crippen LogP contribution in [0.25, 0.3) is 0 Å². The van der Waals surface area contributed by atoms with Gasteiger partial charge in [-0.05, 0) is 24.6 Å². The van der Waals surface area contributed by atoms with Crippen molar-refractivity contribution in [2.45, 2.75) is 12.5 Å². The molecule has 0 aliphatic heterocycles. The molecule has 0 saturated carbocycles. The Balaban J connectivity index is 2.33. The van der Waals surface area contributed by atoms with Crippen molar-refractivity contribution in [3.63, 3.8) is 0 Å². The Morgan fingerprint density at radius 3 is 2.19 bits per heavy atom. The van der Waals surface area contributed by atoms with E-state index in [1.54, 1.807) is 31.2 Å². The van der Waals surface area contributed by atoms with Gasteiger partial charge in [0.25, 0.3) is 5.91 Å². The molecule has 1 amide bonds. The minimum Gasteiger partial charge on any atom is -0.341 e. The molecule has 3 N–H and O–H groups in total. The van der Waals surface area contributed by atoms with E-state index in [-0.39, 0.29) is 6.54 Å². The van der Waals surface area contributed by atoms with Crippen LogP contribution in [0.5, 0.6) is 0 Å². The first-order valence-corrected chi connectivity index (χ1v) is 6.50. The third kappa shape index (κ3) is 3.08. The van der Waals surface area contributed by atoms with Crippen molar-refractivity contribution in [1.29, 1.82) is 0 Å². The number of benzene rings is 2. The summed E-state index contributed by atoms with van der Waals surface area (Å²) in [5.41, 5.74) is 4.99. The summed E-state index contributed by atoms with van der Waals surface area (Å²) in [6.45, 7) is 1.80. The average molecular weight is 290 g/mol. The van der Waals surface area contributed by atoms with Crippen molar-refractivity contribution in [2.75, 3.05) is 6.54 Å². The lowest BCUT2D eigenvalue weighted by atomic mass is 9.91. The predicted molar refractivity (Wildman–Crippen MR) is 76.7 cm³/mol. The summed E-state index contributed by atoms with van der Waals surface area (Å²) in [6.07, 6.45) is 0. The molecular weight excluding hydrogens is 274 g/mol. The maximum Gasteiger partial charge on any atom is 0.257 e. The van der Waals surface area contributed by atoms with Crippen LogP contribution < -0.4 is 11.1 Å². The number of amides is 1. The number of hydrogen-bond donors (Lipinski definition) is 2.